The van der Waals surface area contributed by atoms with Crippen LogP contribution in [-0.4, -0.2) is 28.8 Å². The SMILES string of the molecule is Cc1ccc(CCC(=O)N(Cc2ccccc2F)[C@H](Cc2ccccc2)C(=O)NC2CCCCC2)cc1. The highest BCUT2D eigenvalue weighted by Crippen LogP contribution is 2.21. The Balaban J connectivity index is 1.61. The summed E-state index contributed by atoms with van der Waals surface area (Å²) in [6, 6.07) is 23.8. The van der Waals surface area contributed by atoms with Crippen LogP contribution in [0, 0.1) is 12.7 Å². The van der Waals surface area contributed by atoms with Crippen molar-refractivity contribution in [2.75, 3.05) is 0 Å². The highest BCUT2D eigenvalue weighted by atomic mass is 19.1. The summed E-state index contributed by atoms with van der Waals surface area (Å²) in [6.07, 6.45) is 6.50. The molecule has 0 aromatic heterocycles. The standard InChI is InChI=1S/C32H37FN2O2/c1-24-16-18-25(19-17-24)20-21-31(36)35(23-27-12-8-9-15-29(27)33)30(22-26-10-4-2-5-11-26)32(37)34-28-13-6-3-7-14-28/h2,4-5,8-12,15-19,28,30H,3,6-7,13-14,20-23H2,1H3,(H,34,37)/t30-/m1/s1. The number of nitrogens with one attached hydrogen (secondary N) is 1. The molecule has 2 amide bonds. The fraction of sp³-hybridized carbons (Fsp3) is 0.375. The van der Waals surface area contributed by atoms with Crippen molar-refractivity contribution in [1.29, 1.82) is 0 Å². The number of halogens is 1. The highest BCUT2D eigenvalue weighted by Gasteiger charge is 2.32. The van der Waals surface area contributed by atoms with E-state index in [0.717, 1.165) is 36.8 Å². The molecule has 1 fully saturated rings. The summed E-state index contributed by atoms with van der Waals surface area (Å²) < 4.78 is 14.7. The molecule has 0 aliphatic heterocycles. The van der Waals surface area contributed by atoms with Gasteiger partial charge in [-0.15, -0.1) is 0 Å². The molecule has 0 bridgehead atoms. The summed E-state index contributed by atoms with van der Waals surface area (Å²) >= 11 is 0. The summed E-state index contributed by atoms with van der Waals surface area (Å²) in [5.41, 5.74) is 3.61. The number of benzene rings is 3. The van der Waals surface area contributed by atoms with Gasteiger partial charge in [0, 0.05) is 31.0 Å². The van der Waals surface area contributed by atoms with Gasteiger partial charge in [-0.3, -0.25) is 9.59 Å². The largest absolute Gasteiger partial charge is 0.352 e. The molecule has 1 N–H and O–H groups in total. The zero-order chi connectivity index (χ0) is 26.0. The molecule has 1 aliphatic rings. The number of aryl methyl sites for hydroxylation is 2. The van der Waals surface area contributed by atoms with Gasteiger partial charge in [0.25, 0.3) is 0 Å². The van der Waals surface area contributed by atoms with Gasteiger partial charge in [0.2, 0.25) is 11.8 Å². The average Bonchev–Trinajstić information content (AvgIpc) is 2.92. The van der Waals surface area contributed by atoms with E-state index in [2.05, 4.69) is 5.32 Å². The molecule has 0 spiro atoms. The fourth-order valence-corrected chi connectivity index (χ4v) is 5.06. The van der Waals surface area contributed by atoms with E-state index >= 15 is 0 Å². The van der Waals surface area contributed by atoms with Crippen molar-refractivity contribution in [2.24, 2.45) is 0 Å². The number of hydrogen-bond acceptors (Lipinski definition) is 2. The first-order valence-corrected chi connectivity index (χ1v) is 13.4. The van der Waals surface area contributed by atoms with Gasteiger partial charge in [0.05, 0.1) is 0 Å². The maximum atomic E-state index is 14.7. The monoisotopic (exact) mass is 500 g/mol. The Morgan fingerprint density at radius 1 is 0.892 bits per heavy atom. The molecule has 1 saturated carbocycles. The zero-order valence-corrected chi connectivity index (χ0v) is 21.7. The van der Waals surface area contributed by atoms with Crippen LogP contribution in [0.5, 0.6) is 0 Å². The Hall–Kier alpha value is -3.47. The van der Waals surface area contributed by atoms with Crippen molar-refractivity contribution in [3.05, 3.63) is 107 Å². The molecule has 4 rings (SSSR count). The first-order valence-electron chi connectivity index (χ1n) is 13.4. The molecule has 194 valence electrons. The lowest BCUT2D eigenvalue weighted by atomic mass is 9.94. The zero-order valence-electron chi connectivity index (χ0n) is 21.7. The molecule has 1 aliphatic carbocycles. The van der Waals surface area contributed by atoms with Gasteiger partial charge >= 0.3 is 0 Å². The van der Waals surface area contributed by atoms with E-state index in [1.54, 1.807) is 23.1 Å². The Morgan fingerprint density at radius 3 is 2.27 bits per heavy atom. The Bertz CT molecular complexity index is 1160. The molecule has 5 heteroatoms. The summed E-state index contributed by atoms with van der Waals surface area (Å²) in [5, 5.41) is 3.23. The van der Waals surface area contributed by atoms with Crippen molar-refractivity contribution >= 4 is 11.8 Å². The minimum Gasteiger partial charge on any atom is -0.352 e. The molecule has 3 aromatic rings. The van der Waals surface area contributed by atoms with Crippen molar-refractivity contribution in [1.82, 2.24) is 10.2 Å². The van der Waals surface area contributed by atoms with E-state index in [1.165, 1.54) is 18.1 Å². The van der Waals surface area contributed by atoms with Gasteiger partial charge in [-0.25, -0.2) is 4.39 Å². The Morgan fingerprint density at radius 2 is 1.57 bits per heavy atom. The van der Waals surface area contributed by atoms with E-state index in [1.807, 2.05) is 61.5 Å². The van der Waals surface area contributed by atoms with Gasteiger partial charge < -0.3 is 10.2 Å². The van der Waals surface area contributed by atoms with Gasteiger partial charge in [-0.1, -0.05) is 97.6 Å². The fourth-order valence-electron chi connectivity index (χ4n) is 5.06. The lowest BCUT2D eigenvalue weighted by Crippen LogP contribution is -2.53. The van der Waals surface area contributed by atoms with Crippen LogP contribution < -0.4 is 5.32 Å². The summed E-state index contributed by atoms with van der Waals surface area (Å²) in [4.78, 5) is 29.1. The molecular weight excluding hydrogens is 463 g/mol. The first-order chi connectivity index (χ1) is 18.0. The summed E-state index contributed by atoms with van der Waals surface area (Å²) in [7, 11) is 0. The van der Waals surface area contributed by atoms with Crippen LogP contribution >= 0.6 is 0 Å². The predicted octanol–water partition coefficient (Wildman–Crippen LogP) is 6.16. The van der Waals surface area contributed by atoms with Crippen LogP contribution in [0.1, 0.15) is 60.8 Å². The lowest BCUT2D eigenvalue weighted by molar-refractivity contribution is -0.141. The molecule has 0 radical (unpaired) electrons. The van der Waals surface area contributed by atoms with Crippen LogP contribution in [0.2, 0.25) is 0 Å². The quantitative estimate of drug-likeness (QED) is 0.363. The Kier molecular flexibility index (Phi) is 9.47. The van der Waals surface area contributed by atoms with Crippen molar-refractivity contribution < 1.29 is 14.0 Å². The van der Waals surface area contributed by atoms with Crippen molar-refractivity contribution in [2.45, 2.75) is 76.9 Å². The maximum absolute atomic E-state index is 14.7. The molecule has 3 aromatic carbocycles. The van der Waals surface area contributed by atoms with E-state index in [9.17, 15) is 14.0 Å². The van der Waals surface area contributed by atoms with Gasteiger partial charge in [0.15, 0.2) is 0 Å². The molecule has 0 saturated heterocycles. The predicted molar refractivity (Wildman–Crippen MR) is 145 cm³/mol. The second-order valence-electron chi connectivity index (χ2n) is 10.1. The van der Waals surface area contributed by atoms with E-state index < -0.39 is 6.04 Å². The number of nitrogens with zero attached hydrogens (tertiary/aromatic N) is 1. The third-order valence-electron chi connectivity index (χ3n) is 7.27. The molecule has 1 atom stereocenters. The summed E-state index contributed by atoms with van der Waals surface area (Å²) in [6.45, 7) is 2.08. The van der Waals surface area contributed by atoms with E-state index in [4.69, 9.17) is 0 Å². The number of carbonyl (C=O) groups excluding carboxylic acids is 2. The maximum Gasteiger partial charge on any atom is 0.243 e. The topological polar surface area (TPSA) is 49.4 Å². The minimum atomic E-state index is -0.727. The number of carbonyl (C=O) groups is 2. The van der Waals surface area contributed by atoms with Crippen LogP contribution in [0.25, 0.3) is 0 Å². The molecular formula is C32H37FN2O2. The first kappa shape index (κ1) is 26.6. The Labute approximate surface area is 219 Å². The third-order valence-corrected chi connectivity index (χ3v) is 7.27. The number of hydrogen-bond donors (Lipinski definition) is 1. The lowest BCUT2D eigenvalue weighted by Gasteiger charge is -2.33. The normalized spacial score (nSPS) is 14.6. The second-order valence-corrected chi connectivity index (χ2v) is 10.1. The van der Waals surface area contributed by atoms with Crippen molar-refractivity contribution in [3.8, 4) is 0 Å². The molecule has 37 heavy (non-hydrogen) atoms. The van der Waals surface area contributed by atoms with Crippen molar-refractivity contribution in [3.63, 3.8) is 0 Å². The highest BCUT2D eigenvalue weighted by molar-refractivity contribution is 5.88. The van der Waals surface area contributed by atoms with Crippen LogP contribution in [-0.2, 0) is 29.0 Å². The van der Waals surface area contributed by atoms with Crippen LogP contribution in [0.4, 0.5) is 4.39 Å². The molecule has 0 unspecified atom stereocenters. The number of amides is 2. The van der Waals surface area contributed by atoms with Gasteiger partial charge in [0.1, 0.15) is 11.9 Å². The van der Waals surface area contributed by atoms with Crippen LogP contribution in [0.3, 0.4) is 0 Å². The second kappa shape index (κ2) is 13.2. The van der Waals surface area contributed by atoms with Gasteiger partial charge in [-0.05, 0) is 43.4 Å². The smallest absolute Gasteiger partial charge is 0.243 e. The van der Waals surface area contributed by atoms with E-state index in [-0.39, 0.29) is 36.6 Å². The summed E-state index contributed by atoms with van der Waals surface area (Å²) in [5.74, 6) is -0.677. The third kappa shape index (κ3) is 7.75. The average molecular weight is 501 g/mol. The van der Waals surface area contributed by atoms with Crippen LogP contribution in [0.15, 0.2) is 78.9 Å². The molecule has 4 nitrogen and oxygen atoms in total. The van der Waals surface area contributed by atoms with E-state index in [0.29, 0.717) is 18.4 Å². The minimum absolute atomic E-state index is 0.0506. The number of rotatable bonds is 10. The van der Waals surface area contributed by atoms with Gasteiger partial charge in [-0.2, -0.15) is 0 Å². The molecule has 0 heterocycles.